The van der Waals surface area contributed by atoms with Crippen LogP contribution in [0.1, 0.15) is 33.6 Å². The van der Waals surface area contributed by atoms with Gasteiger partial charge in [-0.3, -0.25) is 0 Å². The molecule has 0 radical (unpaired) electrons. The third kappa shape index (κ3) is 8.65. The maximum absolute atomic E-state index is 14.2. The summed E-state index contributed by atoms with van der Waals surface area (Å²) in [6, 6.07) is 6.06. The Morgan fingerprint density at radius 3 is 2.37 bits per heavy atom. The Morgan fingerprint density at radius 1 is 1.10 bits per heavy atom. The van der Waals surface area contributed by atoms with E-state index in [4.69, 9.17) is 25.8 Å². The average Bonchev–Trinajstić information content (AvgIpc) is 3.21. The smallest absolute Gasteiger partial charge is 0.410 e. The average molecular weight is 608 g/mol. The SMILES string of the molecule is CC(C)(C)OC(=O)N1CCC(COc2cc(Cl)nc3c2c(-c2cc(F)cc(F)c2)cn3COCC[Si](C)(C)C)CC1. The van der Waals surface area contributed by atoms with Crippen LogP contribution in [0.3, 0.4) is 0 Å². The first kappa shape index (κ1) is 31.2. The summed E-state index contributed by atoms with van der Waals surface area (Å²) in [7, 11) is -1.28. The number of hydrogen-bond acceptors (Lipinski definition) is 5. The lowest BCUT2D eigenvalue weighted by molar-refractivity contribution is 0.0165. The van der Waals surface area contributed by atoms with Gasteiger partial charge >= 0.3 is 6.09 Å². The van der Waals surface area contributed by atoms with Crippen LogP contribution in [0.2, 0.25) is 30.8 Å². The summed E-state index contributed by atoms with van der Waals surface area (Å²) in [5.74, 6) is -0.658. The normalized spacial score (nSPS) is 15.0. The van der Waals surface area contributed by atoms with E-state index in [9.17, 15) is 13.6 Å². The molecule has 224 valence electrons. The molecule has 1 aliphatic rings. The van der Waals surface area contributed by atoms with Gasteiger partial charge in [0.2, 0.25) is 0 Å². The van der Waals surface area contributed by atoms with Crippen LogP contribution in [0.5, 0.6) is 5.75 Å². The van der Waals surface area contributed by atoms with Crippen molar-refractivity contribution >= 4 is 36.8 Å². The number of benzene rings is 1. The summed E-state index contributed by atoms with van der Waals surface area (Å²) < 4.78 is 48.1. The van der Waals surface area contributed by atoms with Gasteiger partial charge < -0.3 is 23.7 Å². The summed E-state index contributed by atoms with van der Waals surface area (Å²) in [5, 5.41) is 0.852. The van der Waals surface area contributed by atoms with Crippen molar-refractivity contribution in [2.24, 2.45) is 5.92 Å². The number of carbonyl (C=O) groups is 1. The Morgan fingerprint density at radius 2 is 1.76 bits per heavy atom. The molecule has 1 saturated heterocycles. The monoisotopic (exact) mass is 607 g/mol. The van der Waals surface area contributed by atoms with Gasteiger partial charge in [-0.2, -0.15) is 0 Å². The van der Waals surface area contributed by atoms with Crippen LogP contribution in [0.4, 0.5) is 13.6 Å². The number of pyridine rings is 1. The quantitative estimate of drug-likeness (QED) is 0.140. The summed E-state index contributed by atoms with van der Waals surface area (Å²) >= 11 is 6.43. The summed E-state index contributed by atoms with van der Waals surface area (Å²) in [5.41, 5.74) is 0.917. The summed E-state index contributed by atoms with van der Waals surface area (Å²) in [4.78, 5) is 18.7. The standard InChI is InChI=1S/C30H40ClF2N3O4Si/c1-30(2,3)40-29(37)35-9-7-20(8-10-35)18-39-25-16-26(31)34-28-27(25)24(21-13-22(32)15-23(33)14-21)17-36(28)19-38-11-12-41(4,5)6/h13-17,20H,7-12,18-19H2,1-6H3. The van der Waals surface area contributed by atoms with Gasteiger partial charge in [-0.15, -0.1) is 0 Å². The van der Waals surface area contributed by atoms with Crippen molar-refractivity contribution in [3.05, 3.63) is 47.2 Å². The van der Waals surface area contributed by atoms with E-state index in [1.807, 2.05) is 20.8 Å². The summed E-state index contributed by atoms with van der Waals surface area (Å²) in [6.45, 7) is 14.8. The highest BCUT2D eigenvalue weighted by molar-refractivity contribution is 6.76. The Bertz CT molecular complexity index is 1360. The van der Waals surface area contributed by atoms with Gasteiger partial charge in [0.05, 0.1) is 12.0 Å². The molecule has 1 aromatic carbocycles. The number of halogens is 3. The largest absolute Gasteiger partial charge is 0.492 e. The van der Waals surface area contributed by atoms with Crippen LogP contribution in [0.15, 0.2) is 30.5 Å². The zero-order valence-electron chi connectivity index (χ0n) is 24.7. The minimum absolute atomic E-state index is 0.206. The minimum Gasteiger partial charge on any atom is -0.492 e. The van der Waals surface area contributed by atoms with E-state index < -0.39 is 25.3 Å². The Labute approximate surface area is 246 Å². The molecule has 0 unspecified atom stereocenters. The topological polar surface area (TPSA) is 65.8 Å². The number of piperidine rings is 1. The third-order valence-corrected chi connectivity index (χ3v) is 8.80. The van der Waals surface area contributed by atoms with Gasteiger partial charge in [0.25, 0.3) is 0 Å². The van der Waals surface area contributed by atoms with Crippen LogP contribution in [-0.2, 0) is 16.2 Å². The van der Waals surface area contributed by atoms with Gasteiger partial charge in [-0.1, -0.05) is 31.2 Å². The van der Waals surface area contributed by atoms with Crippen LogP contribution in [0.25, 0.3) is 22.2 Å². The second-order valence-electron chi connectivity index (χ2n) is 12.9. The molecule has 7 nitrogen and oxygen atoms in total. The zero-order chi connectivity index (χ0) is 29.9. The fourth-order valence-corrected chi connectivity index (χ4v) is 5.66. The van der Waals surface area contributed by atoms with Crippen molar-refractivity contribution < 1.29 is 27.8 Å². The van der Waals surface area contributed by atoms with E-state index in [0.29, 0.717) is 54.2 Å². The fraction of sp³-hybridized carbons (Fsp3) is 0.533. The molecular weight excluding hydrogens is 568 g/mol. The molecule has 0 atom stereocenters. The van der Waals surface area contributed by atoms with Gasteiger partial charge in [0.15, 0.2) is 0 Å². The lowest BCUT2D eigenvalue weighted by atomic mass is 9.98. The van der Waals surface area contributed by atoms with Crippen molar-refractivity contribution in [2.45, 2.75) is 71.6 Å². The molecule has 4 rings (SSSR count). The number of aromatic nitrogens is 2. The molecule has 0 aliphatic carbocycles. The highest BCUT2D eigenvalue weighted by Gasteiger charge is 2.28. The van der Waals surface area contributed by atoms with Crippen molar-refractivity contribution in [1.29, 1.82) is 0 Å². The third-order valence-electron chi connectivity index (χ3n) is 6.90. The predicted octanol–water partition coefficient (Wildman–Crippen LogP) is 7.97. The Kier molecular flexibility index (Phi) is 9.65. The Balaban J connectivity index is 1.57. The molecule has 1 fully saturated rings. The van der Waals surface area contributed by atoms with E-state index in [2.05, 4.69) is 24.6 Å². The van der Waals surface area contributed by atoms with Crippen molar-refractivity contribution in [1.82, 2.24) is 14.5 Å². The van der Waals surface area contributed by atoms with Gasteiger partial charge in [-0.05, 0) is 63.3 Å². The highest BCUT2D eigenvalue weighted by atomic mass is 35.5. The second-order valence-corrected chi connectivity index (χ2v) is 18.9. The summed E-state index contributed by atoms with van der Waals surface area (Å²) in [6.07, 6.45) is 2.99. The molecule has 41 heavy (non-hydrogen) atoms. The first-order valence-corrected chi connectivity index (χ1v) is 18.1. The Hall–Kier alpha value is -2.69. The molecule has 1 amide bonds. The minimum atomic E-state index is -1.28. The number of likely N-dealkylation sites (tertiary alicyclic amines) is 1. The maximum atomic E-state index is 14.2. The molecule has 2 aromatic heterocycles. The van der Waals surface area contributed by atoms with E-state index >= 15 is 0 Å². The maximum Gasteiger partial charge on any atom is 0.410 e. The first-order chi connectivity index (χ1) is 19.2. The number of nitrogens with zero attached hydrogens (tertiary/aromatic N) is 3. The second kappa shape index (κ2) is 12.7. The molecular formula is C30H40ClF2N3O4Si. The molecule has 1 aliphatic heterocycles. The number of ether oxygens (including phenoxy) is 3. The zero-order valence-corrected chi connectivity index (χ0v) is 26.5. The van der Waals surface area contributed by atoms with Gasteiger partial charge in [0, 0.05) is 51.7 Å². The number of fused-ring (bicyclic) bond motifs is 1. The number of carbonyl (C=O) groups excluding carboxylic acids is 1. The predicted molar refractivity (Wildman–Crippen MR) is 160 cm³/mol. The van der Waals surface area contributed by atoms with Crippen LogP contribution >= 0.6 is 11.6 Å². The van der Waals surface area contributed by atoms with E-state index in [-0.39, 0.29) is 23.9 Å². The fourth-order valence-electron chi connectivity index (χ4n) is 4.72. The van der Waals surface area contributed by atoms with Crippen LogP contribution in [-0.4, -0.2) is 60.5 Å². The molecule has 0 spiro atoms. The molecule has 0 saturated carbocycles. The van der Waals surface area contributed by atoms with Crippen LogP contribution < -0.4 is 4.74 Å². The molecule has 11 heteroatoms. The van der Waals surface area contributed by atoms with Crippen molar-refractivity contribution in [2.75, 3.05) is 26.3 Å². The molecule has 3 aromatic rings. The number of amides is 1. The van der Waals surface area contributed by atoms with Gasteiger partial charge in [0.1, 0.15) is 40.5 Å². The van der Waals surface area contributed by atoms with Gasteiger partial charge in [-0.25, -0.2) is 18.6 Å². The lowest BCUT2D eigenvalue weighted by Gasteiger charge is -2.33. The van der Waals surface area contributed by atoms with E-state index in [1.54, 1.807) is 21.7 Å². The molecule has 0 bridgehead atoms. The number of hydrogen-bond donors (Lipinski definition) is 0. The number of rotatable bonds is 9. The van der Waals surface area contributed by atoms with Crippen molar-refractivity contribution in [3.8, 4) is 16.9 Å². The molecule has 3 heterocycles. The lowest BCUT2D eigenvalue weighted by Crippen LogP contribution is -2.42. The van der Waals surface area contributed by atoms with E-state index in [0.717, 1.165) is 25.0 Å². The molecule has 0 N–H and O–H groups in total. The van der Waals surface area contributed by atoms with Crippen molar-refractivity contribution in [3.63, 3.8) is 0 Å². The van der Waals surface area contributed by atoms with E-state index in [1.165, 1.54) is 12.1 Å². The first-order valence-electron chi connectivity index (χ1n) is 14.0. The van der Waals surface area contributed by atoms with Crippen LogP contribution in [0, 0.1) is 17.6 Å². The highest BCUT2D eigenvalue weighted by Crippen LogP contribution is 2.39.